The second-order valence-electron chi connectivity index (χ2n) is 6.38. The van der Waals surface area contributed by atoms with Crippen molar-refractivity contribution >= 4 is 5.96 Å². The Morgan fingerprint density at radius 2 is 2.08 bits per heavy atom. The lowest BCUT2D eigenvalue weighted by Crippen LogP contribution is -2.49. The molecule has 1 aliphatic rings. The lowest BCUT2D eigenvalue weighted by Gasteiger charge is -2.32. The summed E-state index contributed by atoms with van der Waals surface area (Å²) in [4.78, 5) is 7.16. The van der Waals surface area contributed by atoms with Gasteiger partial charge in [0.2, 0.25) is 0 Å². The number of aryl methyl sites for hydroxylation is 1. The van der Waals surface area contributed by atoms with E-state index in [-0.39, 0.29) is 0 Å². The molecule has 1 aromatic carbocycles. The Bertz CT molecular complexity index is 556. The van der Waals surface area contributed by atoms with Gasteiger partial charge in [-0.2, -0.15) is 0 Å². The van der Waals surface area contributed by atoms with Gasteiger partial charge in [-0.25, -0.2) is 4.99 Å². The maximum absolute atomic E-state index is 5.42. The average Bonchev–Trinajstić information content (AvgIpc) is 2.64. The predicted molar refractivity (Wildman–Crippen MR) is 102 cm³/mol. The van der Waals surface area contributed by atoms with E-state index in [2.05, 4.69) is 48.4 Å². The van der Waals surface area contributed by atoms with Gasteiger partial charge < -0.3 is 20.1 Å². The topological polar surface area (TPSA) is 58.1 Å². The van der Waals surface area contributed by atoms with E-state index >= 15 is 0 Å². The molecule has 6 nitrogen and oxygen atoms in total. The number of guanidine groups is 1. The van der Waals surface area contributed by atoms with Gasteiger partial charge in [0.1, 0.15) is 5.75 Å². The van der Waals surface area contributed by atoms with Gasteiger partial charge in [-0.3, -0.25) is 4.90 Å². The zero-order valence-electron chi connectivity index (χ0n) is 16.0. The summed E-state index contributed by atoms with van der Waals surface area (Å²) in [5.74, 6) is 1.77. The number of ether oxygens (including phenoxy) is 2. The third-order valence-corrected chi connectivity index (χ3v) is 4.46. The number of morpholine rings is 1. The Hall–Kier alpha value is -1.79. The molecule has 0 bridgehead atoms. The summed E-state index contributed by atoms with van der Waals surface area (Å²) < 4.78 is 10.7. The van der Waals surface area contributed by atoms with Crippen LogP contribution in [0.15, 0.2) is 23.2 Å². The molecule has 0 saturated carbocycles. The summed E-state index contributed by atoms with van der Waals surface area (Å²) in [7, 11) is 1.70. The molecule has 1 unspecified atom stereocenters. The minimum atomic E-state index is 0.455. The van der Waals surface area contributed by atoms with E-state index in [1.54, 1.807) is 7.11 Å². The molecule has 6 heteroatoms. The van der Waals surface area contributed by atoms with Crippen molar-refractivity contribution in [3.63, 3.8) is 0 Å². The van der Waals surface area contributed by atoms with Crippen LogP contribution in [0, 0.1) is 6.92 Å². The highest BCUT2D eigenvalue weighted by atomic mass is 16.5. The van der Waals surface area contributed by atoms with Gasteiger partial charge in [0.05, 0.1) is 26.9 Å². The molecule has 0 aliphatic carbocycles. The van der Waals surface area contributed by atoms with E-state index in [1.807, 2.05) is 6.07 Å². The van der Waals surface area contributed by atoms with Crippen molar-refractivity contribution in [3.8, 4) is 5.75 Å². The molecule has 1 aliphatic heterocycles. The molecule has 2 N–H and O–H groups in total. The first kappa shape index (κ1) is 19.5. The lowest BCUT2D eigenvalue weighted by molar-refractivity contribution is 0.0211. The number of methoxy groups -OCH3 is 1. The van der Waals surface area contributed by atoms with Crippen LogP contribution in [0.5, 0.6) is 5.75 Å². The molecule has 1 fully saturated rings. The van der Waals surface area contributed by atoms with E-state index in [9.17, 15) is 0 Å². The van der Waals surface area contributed by atoms with Crippen molar-refractivity contribution in [2.75, 3.05) is 46.5 Å². The summed E-state index contributed by atoms with van der Waals surface area (Å²) in [6.07, 6.45) is 0. The normalized spacial score (nSPS) is 17.2. The third kappa shape index (κ3) is 6.21. The van der Waals surface area contributed by atoms with Gasteiger partial charge in [-0.1, -0.05) is 12.1 Å². The zero-order valence-corrected chi connectivity index (χ0v) is 16.0. The van der Waals surface area contributed by atoms with E-state index < -0.39 is 0 Å². The van der Waals surface area contributed by atoms with Gasteiger partial charge in [-0.05, 0) is 38.0 Å². The second kappa shape index (κ2) is 10.3. The van der Waals surface area contributed by atoms with Crippen molar-refractivity contribution in [2.24, 2.45) is 4.99 Å². The van der Waals surface area contributed by atoms with Crippen LogP contribution in [0.4, 0.5) is 0 Å². The molecule has 0 radical (unpaired) electrons. The van der Waals surface area contributed by atoms with Crippen LogP contribution in [0.1, 0.15) is 25.0 Å². The average molecular weight is 348 g/mol. The Morgan fingerprint density at radius 1 is 1.32 bits per heavy atom. The Kier molecular flexibility index (Phi) is 8.01. The van der Waals surface area contributed by atoms with Crippen LogP contribution in [-0.2, 0) is 11.3 Å². The van der Waals surface area contributed by atoms with Gasteiger partial charge in [0, 0.05) is 32.2 Å². The van der Waals surface area contributed by atoms with Gasteiger partial charge in [-0.15, -0.1) is 0 Å². The van der Waals surface area contributed by atoms with Crippen molar-refractivity contribution in [3.05, 3.63) is 29.3 Å². The first-order valence-corrected chi connectivity index (χ1v) is 9.11. The maximum atomic E-state index is 5.42. The number of nitrogens with one attached hydrogen (secondary N) is 2. The summed E-state index contributed by atoms with van der Waals surface area (Å²) in [5.41, 5.74) is 2.31. The molecule has 1 atom stereocenters. The zero-order chi connectivity index (χ0) is 18.1. The minimum Gasteiger partial charge on any atom is -0.496 e. The Balaban J connectivity index is 1.90. The number of hydrogen-bond acceptors (Lipinski definition) is 4. The van der Waals surface area contributed by atoms with Crippen LogP contribution in [0.2, 0.25) is 0 Å². The number of nitrogens with zero attached hydrogens (tertiary/aromatic N) is 2. The summed E-state index contributed by atoms with van der Waals surface area (Å²) in [6, 6.07) is 6.65. The lowest BCUT2D eigenvalue weighted by atomic mass is 10.1. The fourth-order valence-electron chi connectivity index (χ4n) is 2.94. The number of benzene rings is 1. The molecule has 25 heavy (non-hydrogen) atoms. The van der Waals surface area contributed by atoms with Gasteiger partial charge in [0.15, 0.2) is 5.96 Å². The quantitative estimate of drug-likeness (QED) is 0.581. The molecule has 2 rings (SSSR count). The Morgan fingerprint density at radius 3 is 2.72 bits per heavy atom. The number of aliphatic imine (C=N–C) groups is 1. The fourth-order valence-corrected chi connectivity index (χ4v) is 2.94. The van der Waals surface area contributed by atoms with Crippen LogP contribution in [0.3, 0.4) is 0 Å². The highest BCUT2D eigenvalue weighted by Crippen LogP contribution is 2.18. The molecule has 1 saturated heterocycles. The SMILES string of the molecule is CCNC(=NCc1ccc(OC)c(C)c1)NCC(C)N1CCOCC1. The Labute approximate surface area is 151 Å². The second-order valence-corrected chi connectivity index (χ2v) is 6.38. The minimum absolute atomic E-state index is 0.455. The molecule has 140 valence electrons. The van der Waals surface area contributed by atoms with E-state index in [1.165, 1.54) is 5.56 Å². The summed E-state index contributed by atoms with van der Waals surface area (Å²) >= 11 is 0. The summed E-state index contributed by atoms with van der Waals surface area (Å²) in [5, 5.41) is 6.78. The van der Waals surface area contributed by atoms with Crippen molar-refractivity contribution in [1.82, 2.24) is 15.5 Å². The van der Waals surface area contributed by atoms with Crippen LogP contribution in [-0.4, -0.2) is 63.4 Å². The number of hydrogen-bond donors (Lipinski definition) is 2. The molecule has 0 aromatic heterocycles. The predicted octanol–water partition coefficient (Wildman–Crippen LogP) is 1.78. The molecule has 1 heterocycles. The van der Waals surface area contributed by atoms with Crippen LogP contribution >= 0.6 is 0 Å². The van der Waals surface area contributed by atoms with Crippen LogP contribution < -0.4 is 15.4 Å². The standard InChI is InChI=1S/C19H32N4O2/c1-5-20-19(21-13-16(3)23-8-10-25-11-9-23)22-14-17-6-7-18(24-4)15(2)12-17/h6-7,12,16H,5,8-11,13-14H2,1-4H3,(H2,20,21,22). The van der Waals surface area contributed by atoms with Crippen molar-refractivity contribution in [1.29, 1.82) is 0 Å². The highest BCUT2D eigenvalue weighted by Gasteiger charge is 2.16. The maximum Gasteiger partial charge on any atom is 0.191 e. The highest BCUT2D eigenvalue weighted by molar-refractivity contribution is 5.79. The van der Waals surface area contributed by atoms with Crippen molar-refractivity contribution in [2.45, 2.75) is 33.4 Å². The number of rotatable bonds is 7. The van der Waals surface area contributed by atoms with E-state index in [0.29, 0.717) is 12.6 Å². The fraction of sp³-hybridized carbons (Fsp3) is 0.632. The molecular weight excluding hydrogens is 316 g/mol. The van der Waals surface area contributed by atoms with Gasteiger partial charge in [0.25, 0.3) is 0 Å². The monoisotopic (exact) mass is 348 g/mol. The van der Waals surface area contributed by atoms with Crippen molar-refractivity contribution < 1.29 is 9.47 Å². The molecular formula is C19H32N4O2. The third-order valence-electron chi connectivity index (χ3n) is 4.46. The smallest absolute Gasteiger partial charge is 0.191 e. The molecule has 0 amide bonds. The van der Waals surface area contributed by atoms with E-state index in [4.69, 9.17) is 14.5 Å². The largest absolute Gasteiger partial charge is 0.496 e. The first-order valence-electron chi connectivity index (χ1n) is 9.11. The van der Waals surface area contributed by atoms with Crippen LogP contribution in [0.25, 0.3) is 0 Å². The summed E-state index contributed by atoms with van der Waals surface area (Å²) in [6.45, 7) is 12.4. The van der Waals surface area contributed by atoms with E-state index in [0.717, 1.165) is 56.7 Å². The first-order chi connectivity index (χ1) is 12.1. The molecule has 1 aromatic rings. The van der Waals surface area contributed by atoms with Gasteiger partial charge >= 0.3 is 0 Å². The molecule has 0 spiro atoms.